The number of amides is 1. The molecule has 1 unspecified atom stereocenters. The van der Waals surface area contributed by atoms with Gasteiger partial charge in [-0.3, -0.25) is 14.7 Å². The van der Waals surface area contributed by atoms with Crippen molar-refractivity contribution in [2.24, 2.45) is 5.41 Å². The number of nitrogens with zero attached hydrogens (tertiary/aromatic N) is 2. The van der Waals surface area contributed by atoms with Crippen molar-refractivity contribution in [1.82, 2.24) is 15.1 Å². The highest BCUT2D eigenvalue weighted by Gasteiger charge is 2.64. The summed E-state index contributed by atoms with van der Waals surface area (Å²) in [6, 6.07) is 8.82. The first-order valence-corrected chi connectivity index (χ1v) is 7.86. The van der Waals surface area contributed by atoms with Crippen LogP contribution >= 0.6 is 0 Å². The van der Waals surface area contributed by atoms with Crippen molar-refractivity contribution in [2.45, 2.75) is 19.5 Å². The number of aromatic amines is 1. The molecule has 1 aromatic heterocycles. The number of carbonyl (C=O) groups is 2. The minimum Gasteiger partial charge on any atom is -0.481 e. The van der Waals surface area contributed by atoms with E-state index < -0.39 is 36.4 Å². The van der Waals surface area contributed by atoms with E-state index in [1.54, 1.807) is 0 Å². The van der Waals surface area contributed by atoms with Crippen LogP contribution in [0.3, 0.4) is 0 Å². The number of hydrogen-bond acceptors (Lipinski definition) is 3. The Morgan fingerprint density at radius 1 is 1.27 bits per heavy atom. The second kappa shape index (κ2) is 6.15. The van der Waals surface area contributed by atoms with Gasteiger partial charge in [-0.05, 0) is 19.4 Å². The quantitative estimate of drug-likeness (QED) is 0.873. The number of rotatable bonds is 3. The number of benzene rings is 1. The number of aromatic nitrogens is 2. The van der Waals surface area contributed by atoms with Gasteiger partial charge in [0, 0.05) is 18.7 Å². The largest absolute Gasteiger partial charge is 0.481 e. The van der Waals surface area contributed by atoms with Crippen molar-refractivity contribution < 1.29 is 27.9 Å². The van der Waals surface area contributed by atoms with Crippen LogP contribution in [0.25, 0.3) is 11.3 Å². The van der Waals surface area contributed by atoms with E-state index in [4.69, 9.17) is 5.11 Å². The maximum atomic E-state index is 13.2. The van der Waals surface area contributed by atoms with Crippen LogP contribution < -0.4 is 0 Å². The molecule has 1 fully saturated rings. The third kappa shape index (κ3) is 2.93. The molecule has 0 saturated carbocycles. The summed E-state index contributed by atoms with van der Waals surface area (Å²) >= 11 is 0. The molecule has 138 valence electrons. The zero-order valence-corrected chi connectivity index (χ0v) is 13.8. The number of carbonyl (C=O) groups excluding carboxylic acids is 1. The van der Waals surface area contributed by atoms with Crippen LogP contribution in [-0.4, -0.2) is 51.3 Å². The summed E-state index contributed by atoms with van der Waals surface area (Å²) in [5.74, 6) is -2.67. The first-order chi connectivity index (χ1) is 12.1. The number of carboxylic acids is 1. The molecule has 1 aliphatic heterocycles. The molecule has 9 heteroatoms. The number of nitrogens with one attached hydrogen (secondary N) is 1. The van der Waals surface area contributed by atoms with Gasteiger partial charge in [-0.2, -0.15) is 18.3 Å². The van der Waals surface area contributed by atoms with E-state index >= 15 is 0 Å². The van der Waals surface area contributed by atoms with E-state index in [1.165, 1.54) is 6.07 Å². The van der Waals surface area contributed by atoms with E-state index in [1.807, 2.05) is 31.2 Å². The topological polar surface area (TPSA) is 86.3 Å². The van der Waals surface area contributed by atoms with Gasteiger partial charge in [-0.15, -0.1) is 0 Å². The highest BCUT2D eigenvalue weighted by molar-refractivity contribution is 5.94. The number of halogens is 3. The minimum absolute atomic E-state index is 0.0175. The van der Waals surface area contributed by atoms with Crippen molar-refractivity contribution in [2.75, 3.05) is 13.1 Å². The van der Waals surface area contributed by atoms with E-state index in [2.05, 4.69) is 10.2 Å². The third-order valence-corrected chi connectivity index (χ3v) is 4.66. The van der Waals surface area contributed by atoms with Crippen LogP contribution in [0.5, 0.6) is 0 Å². The van der Waals surface area contributed by atoms with E-state index in [9.17, 15) is 22.8 Å². The maximum Gasteiger partial charge on any atom is 0.406 e. The Hall–Kier alpha value is -2.84. The van der Waals surface area contributed by atoms with E-state index in [0.29, 0.717) is 5.69 Å². The molecule has 2 aromatic rings. The predicted molar refractivity (Wildman–Crippen MR) is 85.4 cm³/mol. The summed E-state index contributed by atoms with van der Waals surface area (Å²) in [5.41, 5.74) is -0.628. The third-order valence-electron chi connectivity index (χ3n) is 4.66. The van der Waals surface area contributed by atoms with Gasteiger partial charge in [0.15, 0.2) is 5.41 Å². The average molecular weight is 367 g/mol. The molecule has 2 heterocycles. The summed E-state index contributed by atoms with van der Waals surface area (Å²) < 4.78 is 39.7. The smallest absolute Gasteiger partial charge is 0.406 e. The molecule has 1 saturated heterocycles. The van der Waals surface area contributed by atoms with Gasteiger partial charge in [0.1, 0.15) is 5.69 Å². The molecule has 3 rings (SSSR count). The molecule has 6 nitrogen and oxygen atoms in total. The molecule has 1 aromatic carbocycles. The summed E-state index contributed by atoms with van der Waals surface area (Å²) in [7, 11) is 0. The average Bonchev–Trinajstić information content (AvgIpc) is 3.22. The molecule has 1 atom stereocenters. The SMILES string of the molecule is Cc1ccc(-c2cc(C(=O)N3CCC(C(=O)O)(C(F)(F)F)C3)[nH]n2)cc1. The molecule has 0 aliphatic carbocycles. The monoisotopic (exact) mass is 367 g/mol. The zero-order valence-electron chi connectivity index (χ0n) is 13.8. The molecule has 2 N–H and O–H groups in total. The van der Waals surface area contributed by atoms with Gasteiger partial charge >= 0.3 is 12.1 Å². The first kappa shape index (κ1) is 18.0. The lowest BCUT2D eigenvalue weighted by Crippen LogP contribution is -2.47. The number of likely N-dealkylation sites (tertiary alicyclic amines) is 1. The fourth-order valence-electron chi connectivity index (χ4n) is 2.98. The van der Waals surface area contributed by atoms with Crippen LogP contribution in [0, 0.1) is 12.3 Å². The molecule has 0 spiro atoms. The Balaban J connectivity index is 1.81. The number of aryl methyl sites for hydroxylation is 1. The normalized spacial score (nSPS) is 20.4. The summed E-state index contributed by atoms with van der Waals surface area (Å²) in [5, 5.41) is 15.6. The Kier molecular flexibility index (Phi) is 4.25. The Labute approximate surface area is 146 Å². The fraction of sp³-hybridized carbons (Fsp3) is 0.353. The number of carboxylic acid groups (broad SMARTS) is 1. The summed E-state index contributed by atoms with van der Waals surface area (Å²) in [4.78, 5) is 24.6. The fourth-order valence-corrected chi connectivity index (χ4v) is 2.98. The lowest BCUT2D eigenvalue weighted by molar-refractivity contribution is -0.227. The van der Waals surface area contributed by atoms with Gasteiger partial charge < -0.3 is 10.0 Å². The predicted octanol–water partition coefficient (Wildman–Crippen LogP) is 2.86. The van der Waals surface area contributed by atoms with Gasteiger partial charge in [0.25, 0.3) is 5.91 Å². The number of hydrogen-bond donors (Lipinski definition) is 2. The summed E-state index contributed by atoms with van der Waals surface area (Å²) in [6.45, 7) is 0.721. The van der Waals surface area contributed by atoms with E-state index in [-0.39, 0.29) is 12.2 Å². The molecule has 26 heavy (non-hydrogen) atoms. The molecule has 0 bridgehead atoms. The zero-order chi connectivity index (χ0) is 19.1. The van der Waals surface area contributed by atoms with Crippen molar-refractivity contribution in [3.63, 3.8) is 0 Å². The Morgan fingerprint density at radius 3 is 2.46 bits per heavy atom. The molecular formula is C17H16F3N3O3. The van der Waals surface area contributed by atoms with Crippen molar-refractivity contribution in [1.29, 1.82) is 0 Å². The summed E-state index contributed by atoms with van der Waals surface area (Å²) in [6.07, 6.45) is -5.61. The van der Waals surface area contributed by atoms with Crippen LogP contribution in [0.4, 0.5) is 13.2 Å². The van der Waals surface area contributed by atoms with Crippen LogP contribution in [0.1, 0.15) is 22.5 Å². The molecule has 0 radical (unpaired) electrons. The van der Waals surface area contributed by atoms with Crippen molar-refractivity contribution in [3.05, 3.63) is 41.6 Å². The maximum absolute atomic E-state index is 13.2. The van der Waals surface area contributed by atoms with Gasteiger partial charge in [-0.25, -0.2) is 0 Å². The highest BCUT2D eigenvalue weighted by Crippen LogP contribution is 2.46. The first-order valence-electron chi connectivity index (χ1n) is 7.86. The molecular weight excluding hydrogens is 351 g/mol. The highest BCUT2D eigenvalue weighted by atomic mass is 19.4. The number of aliphatic carboxylic acids is 1. The van der Waals surface area contributed by atoms with Crippen LogP contribution in [0.15, 0.2) is 30.3 Å². The lowest BCUT2D eigenvalue weighted by atomic mass is 9.86. The van der Waals surface area contributed by atoms with Crippen molar-refractivity contribution >= 4 is 11.9 Å². The molecule has 1 aliphatic rings. The number of alkyl halides is 3. The second-order valence-electron chi connectivity index (χ2n) is 6.39. The Morgan fingerprint density at radius 2 is 1.92 bits per heavy atom. The van der Waals surface area contributed by atoms with Gasteiger partial charge in [0.2, 0.25) is 0 Å². The van der Waals surface area contributed by atoms with E-state index in [0.717, 1.165) is 16.0 Å². The number of H-pyrrole nitrogens is 1. The molecule has 1 amide bonds. The minimum atomic E-state index is -4.94. The van der Waals surface area contributed by atoms with Crippen molar-refractivity contribution in [3.8, 4) is 11.3 Å². The standard InChI is InChI=1S/C17H16F3N3O3/c1-10-2-4-11(5-3-10)12-8-13(22-21-12)14(24)23-7-6-16(9-23,15(25)26)17(18,19)20/h2-5,8H,6-7,9H2,1H3,(H,21,22)(H,25,26). The Bertz CT molecular complexity index is 845. The van der Waals surface area contributed by atoms with Gasteiger partial charge in [-0.1, -0.05) is 29.8 Å². The second-order valence-corrected chi connectivity index (χ2v) is 6.39. The van der Waals surface area contributed by atoms with Crippen LogP contribution in [0.2, 0.25) is 0 Å². The lowest BCUT2D eigenvalue weighted by Gasteiger charge is -2.27. The van der Waals surface area contributed by atoms with Crippen LogP contribution in [-0.2, 0) is 4.79 Å². The van der Waals surface area contributed by atoms with Gasteiger partial charge in [0.05, 0.1) is 5.69 Å².